The van der Waals surface area contributed by atoms with E-state index in [2.05, 4.69) is 15.0 Å². The van der Waals surface area contributed by atoms with Crippen molar-refractivity contribution in [2.75, 3.05) is 14.2 Å². The van der Waals surface area contributed by atoms with E-state index in [1.807, 2.05) is 13.0 Å². The van der Waals surface area contributed by atoms with Gasteiger partial charge in [0.1, 0.15) is 29.0 Å². The molecule has 0 fully saturated rings. The number of aryl methyl sites for hydroxylation is 1. The van der Waals surface area contributed by atoms with E-state index >= 15 is 0 Å². The van der Waals surface area contributed by atoms with Crippen LogP contribution in [0, 0.1) is 6.92 Å². The van der Waals surface area contributed by atoms with Crippen molar-refractivity contribution in [2.24, 2.45) is 0 Å². The molecule has 0 amide bonds. The Bertz CT molecular complexity index is 1020. The lowest BCUT2D eigenvalue weighted by atomic mass is 10.1. The van der Waals surface area contributed by atoms with Crippen LogP contribution in [0.5, 0.6) is 5.75 Å². The highest BCUT2D eigenvalue weighted by Gasteiger charge is 2.18. The van der Waals surface area contributed by atoms with Gasteiger partial charge in [0, 0.05) is 12.7 Å². The average Bonchev–Trinajstić information content (AvgIpc) is 2.64. The van der Waals surface area contributed by atoms with Gasteiger partial charge in [0.2, 0.25) is 0 Å². The number of ether oxygens (including phenoxy) is 2. The van der Waals surface area contributed by atoms with E-state index in [0.717, 1.165) is 0 Å². The van der Waals surface area contributed by atoms with Crippen LogP contribution in [0.3, 0.4) is 0 Å². The zero-order valence-corrected chi connectivity index (χ0v) is 15.7. The number of hydrogen-bond acceptors (Lipinski definition) is 6. The second-order valence-electron chi connectivity index (χ2n) is 5.90. The largest absolute Gasteiger partial charge is 0.497 e. The first kappa shape index (κ1) is 18.3. The quantitative estimate of drug-likeness (QED) is 0.683. The van der Waals surface area contributed by atoms with E-state index in [1.165, 1.54) is 6.33 Å². The summed E-state index contributed by atoms with van der Waals surface area (Å²) in [6.45, 7) is 3.92. The maximum atomic E-state index is 12.6. The van der Waals surface area contributed by atoms with Gasteiger partial charge in [-0.25, -0.2) is 15.0 Å². The molecule has 0 saturated carbocycles. The molecule has 0 aliphatic carbocycles. The molecule has 0 bridgehead atoms. The van der Waals surface area contributed by atoms with E-state index in [-0.39, 0.29) is 11.7 Å². The predicted molar refractivity (Wildman–Crippen MR) is 99.8 cm³/mol. The van der Waals surface area contributed by atoms with Gasteiger partial charge in [0.15, 0.2) is 5.65 Å². The highest BCUT2D eigenvalue weighted by atomic mass is 35.5. The Morgan fingerprint density at radius 3 is 2.69 bits per heavy atom. The van der Waals surface area contributed by atoms with Gasteiger partial charge in [0.25, 0.3) is 5.56 Å². The van der Waals surface area contributed by atoms with Crippen LogP contribution in [-0.4, -0.2) is 39.8 Å². The van der Waals surface area contributed by atoms with Crippen LogP contribution >= 0.6 is 11.6 Å². The zero-order valence-electron chi connectivity index (χ0n) is 15.0. The molecule has 2 heterocycles. The Morgan fingerprint density at radius 1 is 1.27 bits per heavy atom. The summed E-state index contributed by atoms with van der Waals surface area (Å²) in [7, 11) is 3.18. The van der Waals surface area contributed by atoms with Gasteiger partial charge in [0.05, 0.1) is 24.8 Å². The molecule has 0 saturated heterocycles. The minimum atomic E-state index is -0.202. The first-order chi connectivity index (χ1) is 12.5. The molecule has 8 heteroatoms. The summed E-state index contributed by atoms with van der Waals surface area (Å²) in [5, 5.41) is 0.479. The summed E-state index contributed by atoms with van der Waals surface area (Å²) in [5.41, 5.74) is 2.37. The van der Waals surface area contributed by atoms with Gasteiger partial charge in [-0.05, 0) is 32.0 Å². The fourth-order valence-electron chi connectivity index (χ4n) is 2.69. The second kappa shape index (κ2) is 7.39. The van der Waals surface area contributed by atoms with Gasteiger partial charge in [-0.3, -0.25) is 9.36 Å². The lowest BCUT2D eigenvalue weighted by molar-refractivity contribution is 0.103. The molecule has 7 nitrogen and oxygen atoms in total. The highest BCUT2D eigenvalue weighted by Crippen LogP contribution is 2.32. The fraction of sp³-hybridized carbons (Fsp3) is 0.333. The van der Waals surface area contributed by atoms with Crippen molar-refractivity contribution in [1.82, 2.24) is 19.5 Å². The number of benzene rings is 1. The Balaban J connectivity index is 2.28. The third-order valence-corrected chi connectivity index (χ3v) is 4.48. The Morgan fingerprint density at radius 2 is 2.04 bits per heavy atom. The van der Waals surface area contributed by atoms with Crippen LogP contribution in [-0.2, 0) is 11.3 Å². The van der Waals surface area contributed by atoms with E-state index in [9.17, 15) is 4.79 Å². The molecule has 0 spiro atoms. The average molecular weight is 375 g/mol. The number of halogens is 1. The summed E-state index contributed by atoms with van der Waals surface area (Å²) in [4.78, 5) is 25.7. The minimum absolute atomic E-state index is 0.152. The topological polar surface area (TPSA) is 79.1 Å². The summed E-state index contributed by atoms with van der Waals surface area (Å²) in [6.07, 6.45) is 1.25. The summed E-state index contributed by atoms with van der Waals surface area (Å²) in [5.74, 6) is 0.645. The minimum Gasteiger partial charge on any atom is -0.497 e. The Hall–Kier alpha value is -2.51. The number of hydrogen-bond donors (Lipinski definition) is 0. The van der Waals surface area contributed by atoms with Gasteiger partial charge in [-0.1, -0.05) is 11.6 Å². The van der Waals surface area contributed by atoms with Gasteiger partial charge in [-0.15, -0.1) is 0 Å². The molecule has 1 aromatic carbocycles. The second-order valence-corrected chi connectivity index (χ2v) is 6.31. The molecule has 26 heavy (non-hydrogen) atoms. The van der Waals surface area contributed by atoms with Crippen LogP contribution in [0.2, 0.25) is 5.02 Å². The van der Waals surface area contributed by atoms with Crippen molar-refractivity contribution >= 4 is 22.8 Å². The van der Waals surface area contributed by atoms with E-state index in [4.69, 9.17) is 21.1 Å². The van der Waals surface area contributed by atoms with Crippen LogP contribution in [0.15, 0.2) is 29.3 Å². The highest BCUT2D eigenvalue weighted by molar-refractivity contribution is 6.33. The molecular weight excluding hydrogens is 356 g/mol. The number of methoxy groups -OCH3 is 2. The normalized spacial score (nSPS) is 12.3. The lowest BCUT2D eigenvalue weighted by Gasteiger charge is -2.15. The molecule has 1 atom stereocenters. The molecule has 2 aromatic heterocycles. The van der Waals surface area contributed by atoms with Gasteiger partial charge >= 0.3 is 0 Å². The summed E-state index contributed by atoms with van der Waals surface area (Å²) < 4.78 is 12.1. The van der Waals surface area contributed by atoms with Crippen molar-refractivity contribution in [3.05, 3.63) is 45.6 Å². The van der Waals surface area contributed by atoms with Crippen molar-refractivity contribution in [2.45, 2.75) is 26.5 Å². The predicted octanol–water partition coefficient (Wildman–Crippen LogP) is 2.86. The molecule has 0 N–H and O–H groups in total. The maximum absolute atomic E-state index is 12.6. The lowest BCUT2D eigenvalue weighted by Crippen LogP contribution is -2.29. The van der Waals surface area contributed by atoms with Gasteiger partial charge in [-0.2, -0.15) is 0 Å². The monoisotopic (exact) mass is 374 g/mol. The van der Waals surface area contributed by atoms with Crippen LogP contribution in [0.4, 0.5) is 0 Å². The van der Waals surface area contributed by atoms with Crippen molar-refractivity contribution in [1.29, 1.82) is 0 Å². The SMILES string of the molecule is COc1ccc(-c2ncnc3c2nc(C)c(=O)n3CC(C)OC)c(Cl)c1. The number of fused-ring (bicyclic) bond motifs is 1. The van der Waals surface area contributed by atoms with E-state index in [1.54, 1.807) is 37.8 Å². The molecule has 136 valence electrons. The van der Waals surface area contributed by atoms with Crippen molar-refractivity contribution in [3.63, 3.8) is 0 Å². The van der Waals surface area contributed by atoms with Crippen LogP contribution in [0.25, 0.3) is 22.4 Å². The van der Waals surface area contributed by atoms with E-state index in [0.29, 0.717) is 45.4 Å². The van der Waals surface area contributed by atoms with Crippen LogP contribution in [0.1, 0.15) is 12.6 Å². The van der Waals surface area contributed by atoms with Gasteiger partial charge < -0.3 is 9.47 Å². The van der Waals surface area contributed by atoms with Crippen molar-refractivity contribution < 1.29 is 9.47 Å². The number of nitrogens with zero attached hydrogens (tertiary/aromatic N) is 4. The Kier molecular flexibility index (Phi) is 5.20. The first-order valence-corrected chi connectivity index (χ1v) is 8.43. The standard InChI is InChI=1S/C18H19ClN4O3/c1-10(25-3)8-23-17-16(22-11(2)18(23)24)15(20-9-21-17)13-6-5-12(26-4)7-14(13)19/h5-7,9-10H,8H2,1-4H3. The molecule has 0 radical (unpaired) electrons. The molecule has 1 unspecified atom stereocenters. The fourth-order valence-corrected chi connectivity index (χ4v) is 2.95. The Labute approximate surface area is 155 Å². The van der Waals surface area contributed by atoms with Crippen LogP contribution < -0.4 is 10.3 Å². The molecule has 3 aromatic rings. The smallest absolute Gasteiger partial charge is 0.273 e. The van der Waals surface area contributed by atoms with E-state index < -0.39 is 0 Å². The maximum Gasteiger partial charge on any atom is 0.273 e. The zero-order chi connectivity index (χ0) is 18.8. The van der Waals surface area contributed by atoms with Crippen molar-refractivity contribution in [3.8, 4) is 17.0 Å². The number of rotatable bonds is 5. The molecular formula is C18H19ClN4O3. The molecule has 0 aliphatic rings. The molecule has 0 aliphatic heterocycles. The summed E-state index contributed by atoms with van der Waals surface area (Å²) >= 11 is 6.40. The number of aromatic nitrogens is 4. The first-order valence-electron chi connectivity index (χ1n) is 8.05. The summed E-state index contributed by atoms with van der Waals surface area (Å²) in [6, 6.07) is 5.32. The molecule has 3 rings (SSSR count). The third kappa shape index (κ3) is 3.27. The third-order valence-electron chi connectivity index (χ3n) is 4.17.